The van der Waals surface area contributed by atoms with Gasteiger partial charge in [0.1, 0.15) is 16.9 Å². The molecule has 0 fully saturated rings. The third kappa shape index (κ3) is 3.98. The number of nitrogens with zero attached hydrogens (tertiary/aromatic N) is 1. The van der Waals surface area contributed by atoms with Crippen molar-refractivity contribution in [1.29, 1.82) is 0 Å². The molecule has 0 saturated carbocycles. The van der Waals surface area contributed by atoms with Gasteiger partial charge in [0.15, 0.2) is 0 Å². The lowest BCUT2D eigenvalue weighted by molar-refractivity contribution is 0.0526. The van der Waals surface area contributed by atoms with Crippen LogP contribution in [0, 0.1) is 0 Å². The Morgan fingerprint density at radius 1 is 1.11 bits per heavy atom. The van der Waals surface area contributed by atoms with Crippen LogP contribution in [0.15, 0.2) is 57.9 Å². The van der Waals surface area contributed by atoms with Gasteiger partial charge in [-0.25, -0.2) is 9.79 Å². The van der Waals surface area contributed by atoms with Crippen molar-refractivity contribution >= 4 is 28.5 Å². The van der Waals surface area contributed by atoms with Crippen LogP contribution < -0.4 is 16.0 Å². The highest BCUT2D eigenvalue weighted by molar-refractivity contribution is 5.95. The summed E-state index contributed by atoms with van der Waals surface area (Å²) in [5.41, 5.74) is 7.15. The number of amides is 1. The molecule has 1 amide bonds. The second-order valence-electron chi connectivity index (χ2n) is 5.61. The molecule has 0 atom stereocenters. The molecule has 2 N–H and O–H groups in total. The minimum absolute atomic E-state index is 0.0871. The van der Waals surface area contributed by atoms with E-state index in [0.717, 1.165) is 0 Å². The van der Waals surface area contributed by atoms with Gasteiger partial charge in [0, 0.05) is 5.39 Å². The van der Waals surface area contributed by atoms with Crippen LogP contribution in [0.4, 0.5) is 5.69 Å². The van der Waals surface area contributed by atoms with Gasteiger partial charge in [-0.15, -0.1) is 0 Å². The lowest BCUT2D eigenvalue weighted by Crippen LogP contribution is -2.21. The number of hydrogen-bond acceptors (Lipinski definition) is 6. The maximum Gasteiger partial charge on any atom is 0.338 e. The van der Waals surface area contributed by atoms with Crippen LogP contribution in [0.25, 0.3) is 11.0 Å². The Labute approximate surface area is 155 Å². The highest BCUT2D eigenvalue weighted by Crippen LogP contribution is 2.21. The van der Waals surface area contributed by atoms with Gasteiger partial charge in [-0.05, 0) is 55.5 Å². The highest BCUT2D eigenvalue weighted by atomic mass is 16.5. The van der Waals surface area contributed by atoms with Crippen LogP contribution in [-0.4, -0.2) is 25.6 Å². The molecule has 138 valence electrons. The highest BCUT2D eigenvalue weighted by Gasteiger charge is 2.11. The normalized spacial score (nSPS) is 11.4. The molecule has 0 spiro atoms. The summed E-state index contributed by atoms with van der Waals surface area (Å²) in [6.07, 6.45) is 0. The van der Waals surface area contributed by atoms with Crippen molar-refractivity contribution < 1.29 is 23.5 Å². The van der Waals surface area contributed by atoms with Crippen molar-refractivity contribution in [2.45, 2.75) is 6.92 Å². The van der Waals surface area contributed by atoms with Gasteiger partial charge in [0.25, 0.3) is 5.91 Å². The molecule has 0 aliphatic heterocycles. The number of esters is 1. The van der Waals surface area contributed by atoms with Crippen LogP contribution in [0.3, 0.4) is 0 Å². The quantitative estimate of drug-likeness (QED) is 0.699. The zero-order chi connectivity index (χ0) is 19.4. The number of fused-ring (bicyclic) bond motifs is 1. The van der Waals surface area contributed by atoms with E-state index in [1.165, 1.54) is 0 Å². The van der Waals surface area contributed by atoms with E-state index in [-0.39, 0.29) is 11.1 Å². The first-order chi connectivity index (χ1) is 13.0. The molecule has 0 unspecified atom stereocenters. The number of carbonyl (C=O) groups is 2. The molecule has 3 rings (SSSR count). The van der Waals surface area contributed by atoms with E-state index < -0.39 is 11.9 Å². The van der Waals surface area contributed by atoms with Crippen LogP contribution in [0.2, 0.25) is 0 Å². The molecule has 7 nitrogen and oxygen atoms in total. The monoisotopic (exact) mass is 366 g/mol. The summed E-state index contributed by atoms with van der Waals surface area (Å²) >= 11 is 0. The predicted octanol–water partition coefficient (Wildman–Crippen LogP) is 2.95. The fraction of sp³-hybridized carbons (Fsp3) is 0.150. The lowest BCUT2D eigenvalue weighted by atomic mass is 10.1. The number of hydrogen-bond donors (Lipinski definition) is 1. The molecule has 0 aliphatic carbocycles. The summed E-state index contributed by atoms with van der Waals surface area (Å²) in [6, 6.07) is 13.3. The molecule has 1 aromatic heterocycles. The van der Waals surface area contributed by atoms with Gasteiger partial charge in [0.2, 0.25) is 5.55 Å². The van der Waals surface area contributed by atoms with E-state index in [2.05, 4.69) is 4.99 Å². The van der Waals surface area contributed by atoms with Gasteiger partial charge in [-0.1, -0.05) is 0 Å². The Morgan fingerprint density at radius 3 is 2.48 bits per heavy atom. The Hall–Kier alpha value is -3.61. The van der Waals surface area contributed by atoms with Crippen molar-refractivity contribution in [2.75, 3.05) is 13.7 Å². The lowest BCUT2D eigenvalue weighted by Gasteiger charge is -2.05. The Balaban J connectivity index is 2.07. The summed E-state index contributed by atoms with van der Waals surface area (Å²) < 4.78 is 15.9. The summed E-state index contributed by atoms with van der Waals surface area (Å²) in [7, 11) is 1.55. The Morgan fingerprint density at radius 2 is 1.85 bits per heavy atom. The number of nitrogens with two attached hydrogens (primary N) is 1. The van der Waals surface area contributed by atoms with Crippen molar-refractivity contribution in [3.63, 3.8) is 0 Å². The molecule has 27 heavy (non-hydrogen) atoms. The van der Waals surface area contributed by atoms with Crippen molar-refractivity contribution in [2.24, 2.45) is 10.7 Å². The zero-order valence-electron chi connectivity index (χ0n) is 14.9. The van der Waals surface area contributed by atoms with Crippen molar-refractivity contribution in [3.8, 4) is 5.75 Å². The first kappa shape index (κ1) is 18.2. The van der Waals surface area contributed by atoms with Crippen molar-refractivity contribution in [1.82, 2.24) is 0 Å². The summed E-state index contributed by atoms with van der Waals surface area (Å²) in [4.78, 5) is 27.9. The zero-order valence-corrected chi connectivity index (χ0v) is 14.9. The largest absolute Gasteiger partial charge is 0.497 e. The minimum Gasteiger partial charge on any atom is -0.497 e. The smallest absolute Gasteiger partial charge is 0.338 e. The average molecular weight is 366 g/mol. The minimum atomic E-state index is -0.662. The topological polar surface area (TPSA) is 104 Å². The van der Waals surface area contributed by atoms with E-state index in [1.807, 2.05) is 0 Å². The van der Waals surface area contributed by atoms with Crippen molar-refractivity contribution in [3.05, 3.63) is 65.2 Å². The molecule has 3 aromatic rings. The molecule has 0 radical (unpaired) electrons. The second kappa shape index (κ2) is 7.74. The van der Waals surface area contributed by atoms with Gasteiger partial charge >= 0.3 is 5.97 Å². The van der Waals surface area contributed by atoms with E-state index in [0.29, 0.717) is 34.6 Å². The van der Waals surface area contributed by atoms with E-state index in [4.69, 9.17) is 19.6 Å². The van der Waals surface area contributed by atoms with Crippen LogP contribution in [0.1, 0.15) is 27.6 Å². The standard InChI is InChI=1S/C20H18N2O5/c1-3-26-20(24)12-4-6-14(7-5-12)22-19-16(18(21)23)11-13-10-15(25-2)8-9-17(13)27-19/h4-11H,3H2,1-2H3,(H2,21,23). The number of carbonyl (C=O) groups excluding carboxylic acids is 2. The van der Waals surface area contributed by atoms with Gasteiger partial charge in [0.05, 0.1) is 25.0 Å². The maximum atomic E-state index is 11.8. The van der Waals surface area contributed by atoms with E-state index in [1.54, 1.807) is 62.6 Å². The second-order valence-corrected chi connectivity index (χ2v) is 5.61. The molecular weight excluding hydrogens is 348 g/mol. The molecule has 0 aliphatic rings. The third-order valence-corrected chi connectivity index (χ3v) is 3.83. The Bertz CT molecular complexity index is 1070. The SMILES string of the molecule is CCOC(=O)c1ccc(N=c2oc3ccc(OC)cc3cc2C(N)=O)cc1. The molecule has 0 bridgehead atoms. The fourth-order valence-electron chi connectivity index (χ4n) is 2.50. The third-order valence-electron chi connectivity index (χ3n) is 3.83. The summed E-state index contributed by atoms with van der Waals surface area (Å²) in [6.45, 7) is 2.04. The van der Waals surface area contributed by atoms with Crippen LogP contribution in [-0.2, 0) is 4.74 Å². The number of primary amides is 1. The van der Waals surface area contributed by atoms with Gasteiger partial charge in [-0.3, -0.25) is 4.79 Å². The first-order valence-corrected chi connectivity index (χ1v) is 8.25. The summed E-state index contributed by atoms with van der Waals surface area (Å²) in [5, 5.41) is 0.666. The number of methoxy groups -OCH3 is 1. The van der Waals surface area contributed by atoms with Crippen LogP contribution >= 0.6 is 0 Å². The summed E-state index contributed by atoms with van der Waals surface area (Å²) in [5.74, 6) is -0.441. The first-order valence-electron chi connectivity index (χ1n) is 8.25. The van der Waals surface area contributed by atoms with E-state index in [9.17, 15) is 9.59 Å². The Kier molecular flexibility index (Phi) is 5.21. The average Bonchev–Trinajstić information content (AvgIpc) is 2.67. The molecule has 1 heterocycles. The predicted molar refractivity (Wildman–Crippen MR) is 98.9 cm³/mol. The van der Waals surface area contributed by atoms with Gasteiger partial charge in [-0.2, -0.15) is 0 Å². The van der Waals surface area contributed by atoms with Crippen LogP contribution in [0.5, 0.6) is 5.75 Å². The number of benzene rings is 2. The van der Waals surface area contributed by atoms with E-state index >= 15 is 0 Å². The maximum absolute atomic E-state index is 11.8. The number of rotatable bonds is 5. The molecular formula is C20H18N2O5. The number of ether oxygens (including phenoxy) is 2. The molecule has 7 heteroatoms. The fourth-order valence-corrected chi connectivity index (χ4v) is 2.50. The van der Waals surface area contributed by atoms with Gasteiger partial charge < -0.3 is 19.6 Å². The molecule has 2 aromatic carbocycles. The molecule has 0 saturated heterocycles.